The summed E-state index contributed by atoms with van der Waals surface area (Å²) in [5.41, 5.74) is 1.05. The monoisotopic (exact) mass is 254 g/mol. The number of fused-ring (bicyclic) bond motifs is 1. The van der Waals surface area contributed by atoms with Gasteiger partial charge in [-0.3, -0.25) is 4.79 Å². The highest BCUT2D eigenvalue weighted by molar-refractivity contribution is 8.00. The topological polar surface area (TPSA) is 55.8 Å². The maximum absolute atomic E-state index is 10.5. The molecule has 0 spiro atoms. The summed E-state index contributed by atoms with van der Waals surface area (Å²) in [5.74, 6) is 0.789. The smallest absolute Gasteiger partial charge is 0.313 e. The average molecular weight is 254 g/mol. The van der Waals surface area contributed by atoms with Crippen molar-refractivity contribution in [3.05, 3.63) is 23.8 Å². The van der Waals surface area contributed by atoms with Crippen molar-refractivity contribution in [1.82, 2.24) is 0 Å². The van der Waals surface area contributed by atoms with Crippen molar-refractivity contribution < 1.29 is 19.4 Å². The second-order valence-corrected chi connectivity index (χ2v) is 5.19. The first kappa shape index (κ1) is 12.1. The molecule has 0 fully saturated rings. The Morgan fingerprint density at radius 1 is 1.47 bits per heavy atom. The molecule has 4 nitrogen and oxygen atoms in total. The van der Waals surface area contributed by atoms with E-state index in [0.717, 1.165) is 17.1 Å². The van der Waals surface area contributed by atoms with E-state index in [1.165, 1.54) is 11.8 Å². The lowest BCUT2D eigenvalue weighted by molar-refractivity contribution is -0.133. The quantitative estimate of drug-likeness (QED) is 0.895. The van der Waals surface area contributed by atoms with Crippen LogP contribution in [-0.2, 0) is 4.79 Å². The molecule has 0 aromatic heterocycles. The summed E-state index contributed by atoms with van der Waals surface area (Å²) < 4.78 is 10.9. The Morgan fingerprint density at radius 2 is 2.18 bits per heavy atom. The lowest BCUT2D eigenvalue weighted by Crippen LogP contribution is -2.11. The fraction of sp³-hybridized carbons (Fsp3) is 0.417. The molecule has 2 atom stereocenters. The lowest BCUT2D eigenvalue weighted by Gasteiger charge is -2.10. The maximum Gasteiger partial charge on any atom is 0.313 e. The normalized spacial score (nSPS) is 19.1. The third kappa shape index (κ3) is 2.85. The van der Waals surface area contributed by atoms with E-state index in [1.807, 2.05) is 32.0 Å². The van der Waals surface area contributed by atoms with Crippen LogP contribution in [0.1, 0.15) is 24.7 Å². The minimum atomic E-state index is -0.795. The largest absolute Gasteiger partial charge is 0.481 e. The van der Waals surface area contributed by atoms with E-state index in [2.05, 4.69) is 0 Å². The van der Waals surface area contributed by atoms with E-state index in [-0.39, 0.29) is 17.3 Å². The summed E-state index contributed by atoms with van der Waals surface area (Å²) in [4.78, 5) is 10.5. The molecule has 0 saturated carbocycles. The standard InChI is InChI=1S/C12H14O4S/c1-7(17-6-12(13)14)9-3-4-10-11(5-9)16-8(2)15-10/h3-5,7-8H,6H2,1-2H3,(H,13,14). The molecule has 5 heteroatoms. The van der Waals surface area contributed by atoms with E-state index in [0.29, 0.717) is 0 Å². The zero-order valence-electron chi connectivity index (χ0n) is 9.67. The fourth-order valence-corrected chi connectivity index (χ4v) is 2.37. The average Bonchev–Trinajstić information content (AvgIpc) is 2.64. The van der Waals surface area contributed by atoms with Gasteiger partial charge in [0.25, 0.3) is 0 Å². The number of carboxylic acid groups (broad SMARTS) is 1. The molecule has 0 saturated heterocycles. The third-order valence-electron chi connectivity index (χ3n) is 2.48. The van der Waals surface area contributed by atoms with E-state index in [9.17, 15) is 4.79 Å². The van der Waals surface area contributed by atoms with E-state index in [1.54, 1.807) is 0 Å². The van der Waals surface area contributed by atoms with Gasteiger partial charge < -0.3 is 14.6 Å². The molecule has 1 aromatic rings. The van der Waals surface area contributed by atoms with Crippen molar-refractivity contribution in [3.8, 4) is 11.5 Å². The van der Waals surface area contributed by atoms with Crippen LogP contribution < -0.4 is 9.47 Å². The van der Waals surface area contributed by atoms with Crippen molar-refractivity contribution in [2.75, 3.05) is 5.75 Å². The van der Waals surface area contributed by atoms with Gasteiger partial charge in [-0.25, -0.2) is 0 Å². The Balaban J connectivity index is 2.07. The van der Waals surface area contributed by atoms with Crippen LogP contribution in [0.25, 0.3) is 0 Å². The van der Waals surface area contributed by atoms with Gasteiger partial charge in [0, 0.05) is 12.2 Å². The van der Waals surface area contributed by atoms with Gasteiger partial charge in [0.2, 0.25) is 6.29 Å². The van der Waals surface area contributed by atoms with Crippen molar-refractivity contribution in [2.45, 2.75) is 25.4 Å². The van der Waals surface area contributed by atoms with Crippen molar-refractivity contribution in [1.29, 1.82) is 0 Å². The number of hydrogen-bond acceptors (Lipinski definition) is 4. The molecular formula is C12H14O4S. The van der Waals surface area contributed by atoms with Gasteiger partial charge in [-0.15, -0.1) is 11.8 Å². The molecule has 1 heterocycles. The molecule has 1 aromatic carbocycles. The third-order valence-corrected chi connectivity index (χ3v) is 3.67. The summed E-state index contributed by atoms with van der Waals surface area (Å²) >= 11 is 1.39. The maximum atomic E-state index is 10.5. The molecule has 0 bridgehead atoms. The first-order valence-electron chi connectivity index (χ1n) is 5.37. The lowest BCUT2D eigenvalue weighted by atomic mass is 10.1. The Morgan fingerprint density at radius 3 is 2.88 bits per heavy atom. The molecule has 2 unspecified atom stereocenters. The summed E-state index contributed by atoms with van der Waals surface area (Å²) in [6.45, 7) is 3.82. The van der Waals surface area contributed by atoms with Crippen LogP contribution in [0.5, 0.6) is 11.5 Å². The van der Waals surface area contributed by atoms with Crippen LogP contribution in [0.2, 0.25) is 0 Å². The Labute approximate surface area is 104 Å². The van der Waals surface area contributed by atoms with Gasteiger partial charge >= 0.3 is 5.97 Å². The molecule has 92 valence electrons. The molecule has 0 amide bonds. The number of carboxylic acids is 1. The Bertz CT molecular complexity index is 433. The predicted molar refractivity (Wildman–Crippen MR) is 65.7 cm³/mol. The molecular weight excluding hydrogens is 240 g/mol. The first-order chi connectivity index (χ1) is 8.06. The van der Waals surface area contributed by atoms with Gasteiger partial charge in [-0.05, 0) is 24.6 Å². The summed E-state index contributed by atoms with van der Waals surface area (Å²) in [5, 5.41) is 8.75. The molecule has 1 aliphatic heterocycles. The fourth-order valence-electron chi connectivity index (χ4n) is 1.64. The van der Waals surface area contributed by atoms with Crippen molar-refractivity contribution in [2.24, 2.45) is 0 Å². The Hall–Kier alpha value is -1.36. The molecule has 2 rings (SSSR count). The van der Waals surface area contributed by atoms with Crippen LogP contribution >= 0.6 is 11.8 Å². The summed E-state index contributed by atoms with van der Waals surface area (Å²) in [6.07, 6.45) is -0.248. The highest BCUT2D eigenvalue weighted by Crippen LogP contribution is 2.39. The molecule has 1 N–H and O–H groups in total. The zero-order valence-corrected chi connectivity index (χ0v) is 10.5. The second-order valence-electron chi connectivity index (χ2n) is 3.86. The van der Waals surface area contributed by atoms with E-state index < -0.39 is 5.97 Å². The van der Waals surface area contributed by atoms with Crippen LogP contribution in [0.15, 0.2) is 18.2 Å². The second kappa shape index (κ2) is 4.87. The SMILES string of the molecule is CC1Oc2ccc(C(C)SCC(=O)O)cc2O1. The van der Waals surface area contributed by atoms with Crippen molar-refractivity contribution in [3.63, 3.8) is 0 Å². The van der Waals surface area contributed by atoms with E-state index >= 15 is 0 Å². The van der Waals surface area contributed by atoms with Crippen LogP contribution in [0.3, 0.4) is 0 Å². The van der Waals surface area contributed by atoms with Gasteiger partial charge in [-0.2, -0.15) is 0 Å². The van der Waals surface area contributed by atoms with Gasteiger partial charge in [0.05, 0.1) is 5.75 Å². The Kier molecular flexibility index (Phi) is 3.47. The minimum Gasteiger partial charge on any atom is -0.481 e. The molecule has 0 radical (unpaired) electrons. The van der Waals surface area contributed by atoms with Gasteiger partial charge in [-0.1, -0.05) is 6.07 Å². The first-order valence-corrected chi connectivity index (χ1v) is 6.42. The summed E-state index contributed by atoms with van der Waals surface area (Å²) in [7, 11) is 0. The highest BCUT2D eigenvalue weighted by Gasteiger charge is 2.21. The van der Waals surface area contributed by atoms with E-state index in [4.69, 9.17) is 14.6 Å². The number of ether oxygens (including phenoxy) is 2. The number of carbonyl (C=O) groups is 1. The van der Waals surface area contributed by atoms with Crippen LogP contribution in [0.4, 0.5) is 0 Å². The van der Waals surface area contributed by atoms with Crippen LogP contribution in [0, 0.1) is 0 Å². The number of aliphatic carboxylic acids is 1. The summed E-state index contributed by atoms with van der Waals surface area (Å²) in [6, 6.07) is 5.73. The highest BCUT2D eigenvalue weighted by atomic mass is 32.2. The number of rotatable bonds is 4. The minimum absolute atomic E-state index is 0.103. The zero-order chi connectivity index (χ0) is 12.4. The molecule has 17 heavy (non-hydrogen) atoms. The molecule has 0 aliphatic carbocycles. The van der Waals surface area contributed by atoms with Crippen molar-refractivity contribution >= 4 is 17.7 Å². The number of thioether (sulfide) groups is 1. The number of hydrogen-bond donors (Lipinski definition) is 1. The van der Waals surface area contributed by atoms with Gasteiger partial charge in [0.15, 0.2) is 11.5 Å². The molecule has 1 aliphatic rings. The predicted octanol–water partition coefficient (Wildman–Crippen LogP) is 2.68. The van der Waals surface area contributed by atoms with Gasteiger partial charge in [0.1, 0.15) is 0 Å². The van der Waals surface area contributed by atoms with Crippen LogP contribution in [-0.4, -0.2) is 23.1 Å². The number of benzene rings is 1.